The predicted octanol–water partition coefficient (Wildman–Crippen LogP) is 2.96. The summed E-state index contributed by atoms with van der Waals surface area (Å²) in [4.78, 5) is 0. The van der Waals surface area contributed by atoms with E-state index in [2.05, 4.69) is 22.0 Å². The lowest BCUT2D eigenvalue weighted by atomic mass is 9.99. The molecule has 0 aromatic heterocycles. The lowest BCUT2D eigenvalue weighted by Crippen LogP contribution is -2.21. The fourth-order valence-corrected chi connectivity index (χ4v) is 2.26. The molecule has 0 aliphatic carbocycles. The molecule has 14 heavy (non-hydrogen) atoms. The smallest absolute Gasteiger partial charge is 0.127 e. The van der Waals surface area contributed by atoms with Gasteiger partial charge in [-0.1, -0.05) is 15.9 Å². The van der Waals surface area contributed by atoms with E-state index in [9.17, 15) is 0 Å². The molecule has 1 atom stereocenters. The molecule has 0 spiro atoms. The van der Waals surface area contributed by atoms with Gasteiger partial charge in [0.1, 0.15) is 5.75 Å². The minimum atomic E-state index is 0. The molecule has 1 aromatic rings. The summed E-state index contributed by atoms with van der Waals surface area (Å²) < 4.78 is 6.65. The van der Waals surface area contributed by atoms with Crippen LogP contribution in [-0.4, -0.2) is 6.61 Å². The van der Waals surface area contributed by atoms with E-state index in [0.717, 1.165) is 34.4 Å². The first-order chi connectivity index (χ1) is 6.18. The third kappa shape index (κ3) is 2.05. The Morgan fingerprint density at radius 3 is 2.93 bits per heavy atom. The summed E-state index contributed by atoms with van der Waals surface area (Å²) in [5.41, 5.74) is 8.26. The number of rotatable bonds is 0. The van der Waals surface area contributed by atoms with Crippen molar-refractivity contribution in [3.05, 3.63) is 27.7 Å². The highest BCUT2D eigenvalue weighted by Gasteiger charge is 2.19. The van der Waals surface area contributed by atoms with Crippen molar-refractivity contribution < 1.29 is 4.74 Å². The van der Waals surface area contributed by atoms with Gasteiger partial charge in [0.05, 0.1) is 6.61 Å². The molecule has 0 radical (unpaired) electrons. The molecule has 0 saturated heterocycles. The van der Waals surface area contributed by atoms with E-state index in [-0.39, 0.29) is 18.4 Å². The molecule has 1 heterocycles. The molecule has 2 rings (SSSR count). The van der Waals surface area contributed by atoms with Crippen LogP contribution in [0.4, 0.5) is 0 Å². The fraction of sp³-hybridized carbons (Fsp3) is 0.400. The first-order valence-electron chi connectivity index (χ1n) is 4.37. The van der Waals surface area contributed by atoms with Crippen molar-refractivity contribution in [2.45, 2.75) is 19.4 Å². The van der Waals surface area contributed by atoms with Gasteiger partial charge in [0.15, 0.2) is 0 Å². The van der Waals surface area contributed by atoms with Crippen LogP contribution in [0.2, 0.25) is 0 Å². The van der Waals surface area contributed by atoms with Crippen molar-refractivity contribution in [3.63, 3.8) is 0 Å². The molecule has 78 valence electrons. The van der Waals surface area contributed by atoms with Gasteiger partial charge in [-0.3, -0.25) is 0 Å². The Bertz CT molecular complexity index is 343. The molecule has 2 N–H and O–H groups in total. The summed E-state index contributed by atoms with van der Waals surface area (Å²) in [6.07, 6.45) is 0.906. The van der Waals surface area contributed by atoms with Crippen LogP contribution in [0.5, 0.6) is 5.75 Å². The van der Waals surface area contributed by atoms with Crippen LogP contribution < -0.4 is 10.5 Å². The highest BCUT2D eigenvalue weighted by atomic mass is 79.9. The van der Waals surface area contributed by atoms with Crippen molar-refractivity contribution in [1.29, 1.82) is 0 Å². The van der Waals surface area contributed by atoms with Gasteiger partial charge in [0.25, 0.3) is 0 Å². The molecular weight excluding hydrogens is 265 g/mol. The molecular formula is C10H13BrClNO. The van der Waals surface area contributed by atoms with Crippen LogP contribution in [0, 0.1) is 6.92 Å². The van der Waals surface area contributed by atoms with Crippen molar-refractivity contribution in [2.24, 2.45) is 5.73 Å². The van der Waals surface area contributed by atoms with E-state index in [1.165, 1.54) is 0 Å². The Morgan fingerprint density at radius 1 is 1.50 bits per heavy atom. The summed E-state index contributed by atoms with van der Waals surface area (Å²) in [6, 6.07) is 4.23. The maximum absolute atomic E-state index is 5.98. The standard InChI is InChI=1S/C10H12BrNO.ClH/c1-6-4-7(11)5-8-9(12)2-3-13-10(6)8;/h4-5,9H,2-3,12H2,1H3;1H/t9-;/m1./s1. The topological polar surface area (TPSA) is 35.2 Å². The van der Waals surface area contributed by atoms with Crippen LogP contribution in [-0.2, 0) is 0 Å². The minimum absolute atomic E-state index is 0. The summed E-state index contributed by atoms with van der Waals surface area (Å²) >= 11 is 3.46. The molecule has 1 aromatic carbocycles. The molecule has 1 aliphatic rings. The third-order valence-corrected chi connectivity index (χ3v) is 2.80. The molecule has 1 aliphatic heterocycles. The number of nitrogens with two attached hydrogens (primary N) is 1. The Morgan fingerprint density at radius 2 is 2.21 bits per heavy atom. The van der Waals surface area contributed by atoms with Crippen molar-refractivity contribution >= 4 is 28.3 Å². The van der Waals surface area contributed by atoms with Crippen molar-refractivity contribution in [1.82, 2.24) is 0 Å². The molecule has 0 unspecified atom stereocenters. The van der Waals surface area contributed by atoms with Gasteiger partial charge in [-0.25, -0.2) is 0 Å². The van der Waals surface area contributed by atoms with Gasteiger partial charge in [0, 0.05) is 22.5 Å². The van der Waals surface area contributed by atoms with Crippen LogP contribution in [0.15, 0.2) is 16.6 Å². The number of benzene rings is 1. The summed E-state index contributed by atoms with van der Waals surface area (Å²) in [5.74, 6) is 0.974. The number of ether oxygens (including phenoxy) is 1. The lowest BCUT2D eigenvalue weighted by molar-refractivity contribution is 0.267. The quantitative estimate of drug-likeness (QED) is 0.792. The molecule has 0 fully saturated rings. The predicted molar refractivity (Wildman–Crippen MR) is 63.2 cm³/mol. The monoisotopic (exact) mass is 277 g/mol. The number of fused-ring (bicyclic) bond motifs is 1. The highest BCUT2D eigenvalue weighted by Crippen LogP contribution is 2.35. The lowest BCUT2D eigenvalue weighted by Gasteiger charge is -2.24. The van der Waals surface area contributed by atoms with E-state index >= 15 is 0 Å². The maximum Gasteiger partial charge on any atom is 0.127 e. The summed E-state index contributed by atoms with van der Waals surface area (Å²) in [6.45, 7) is 2.78. The number of halogens is 2. The highest BCUT2D eigenvalue weighted by molar-refractivity contribution is 9.10. The van der Waals surface area contributed by atoms with Gasteiger partial charge in [0.2, 0.25) is 0 Å². The zero-order valence-electron chi connectivity index (χ0n) is 7.92. The van der Waals surface area contributed by atoms with Gasteiger partial charge >= 0.3 is 0 Å². The van der Waals surface area contributed by atoms with Crippen LogP contribution in [0.25, 0.3) is 0 Å². The SMILES string of the molecule is Cc1cc(Br)cc2c1OCC[C@H]2N.Cl. The number of hydrogen-bond acceptors (Lipinski definition) is 2. The second kappa shape index (κ2) is 4.51. The van der Waals surface area contributed by atoms with Crippen LogP contribution in [0.1, 0.15) is 23.6 Å². The molecule has 4 heteroatoms. The van der Waals surface area contributed by atoms with Crippen molar-refractivity contribution in [2.75, 3.05) is 6.61 Å². The average Bonchev–Trinajstić information content (AvgIpc) is 2.07. The van der Waals surface area contributed by atoms with E-state index in [1.807, 2.05) is 13.0 Å². The molecule has 2 nitrogen and oxygen atoms in total. The Kier molecular flexibility index (Phi) is 3.81. The normalized spacial score (nSPS) is 19.2. The van der Waals surface area contributed by atoms with Gasteiger partial charge in [-0.2, -0.15) is 0 Å². The molecule has 0 saturated carbocycles. The van der Waals surface area contributed by atoms with E-state index in [1.54, 1.807) is 0 Å². The summed E-state index contributed by atoms with van der Waals surface area (Å²) in [7, 11) is 0. The van der Waals surface area contributed by atoms with E-state index in [0.29, 0.717) is 0 Å². The van der Waals surface area contributed by atoms with Gasteiger partial charge < -0.3 is 10.5 Å². The largest absolute Gasteiger partial charge is 0.493 e. The molecule has 0 bridgehead atoms. The first-order valence-corrected chi connectivity index (χ1v) is 5.16. The number of aryl methyl sites for hydroxylation is 1. The maximum atomic E-state index is 5.98. The Labute approximate surface area is 98.4 Å². The zero-order chi connectivity index (χ0) is 9.42. The van der Waals surface area contributed by atoms with Crippen LogP contribution in [0.3, 0.4) is 0 Å². The minimum Gasteiger partial charge on any atom is -0.493 e. The van der Waals surface area contributed by atoms with Gasteiger partial charge in [-0.15, -0.1) is 12.4 Å². The number of hydrogen-bond donors (Lipinski definition) is 1. The van der Waals surface area contributed by atoms with Crippen molar-refractivity contribution in [3.8, 4) is 5.75 Å². The van der Waals surface area contributed by atoms with E-state index in [4.69, 9.17) is 10.5 Å². The second-order valence-corrected chi connectivity index (χ2v) is 4.30. The molecule has 0 amide bonds. The Balaban J connectivity index is 0.000000980. The fourth-order valence-electron chi connectivity index (χ4n) is 1.67. The summed E-state index contributed by atoms with van der Waals surface area (Å²) in [5, 5.41) is 0. The van der Waals surface area contributed by atoms with Crippen LogP contribution >= 0.6 is 28.3 Å². The Hall–Kier alpha value is -0.250. The third-order valence-electron chi connectivity index (χ3n) is 2.34. The van der Waals surface area contributed by atoms with Gasteiger partial charge in [-0.05, 0) is 24.6 Å². The second-order valence-electron chi connectivity index (χ2n) is 3.38. The average molecular weight is 279 g/mol. The van der Waals surface area contributed by atoms with E-state index < -0.39 is 0 Å². The first kappa shape index (κ1) is 11.8. The zero-order valence-corrected chi connectivity index (χ0v) is 10.3.